The first-order chi connectivity index (χ1) is 13.1. The van der Waals surface area contributed by atoms with E-state index in [0.717, 1.165) is 58.4 Å². The SMILES string of the molecule is Cc1cccc(CN2CCN(C(=O)[C@H]3CC(=O)OC34CCCCC4)CC2)c1. The average molecular weight is 370 g/mol. The lowest BCUT2D eigenvalue weighted by molar-refractivity contribution is -0.156. The molecule has 0 unspecified atom stereocenters. The Morgan fingerprint density at radius 3 is 2.59 bits per heavy atom. The Morgan fingerprint density at radius 1 is 1.15 bits per heavy atom. The molecule has 1 aromatic carbocycles. The number of nitrogens with zero attached hydrogens (tertiary/aromatic N) is 2. The van der Waals surface area contributed by atoms with Crippen molar-refractivity contribution in [2.24, 2.45) is 5.92 Å². The highest BCUT2D eigenvalue weighted by atomic mass is 16.6. The molecule has 2 aliphatic heterocycles. The van der Waals surface area contributed by atoms with Crippen molar-refractivity contribution in [1.29, 1.82) is 0 Å². The lowest BCUT2D eigenvalue weighted by atomic mass is 9.75. The Hall–Kier alpha value is -1.88. The van der Waals surface area contributed by atoms with Gasteiger partial charge in [-0.2, -0.15) is 0 Å². The molecule has 0 aromatic heterocycles. The minimum absolute atomic E-state index is 0.137. The smallest absolute Gasteiger partial charge is 0.307 e. The number of hydrogen-bond acceptors (Lipinski definition) is 4. The summed E-state index contributed by atoms with van der Waals surface area (Å²) >= 11 is 0. The van der Waals surface area contributed by atoms with Gasteiger partial charge in [-0.15, -0.1) is 0 Å². The van der Waals surface area contributed by atoms with E-state index < -0.39 is 5.60 Å². The van der Waals surface area contributed by atoms with Gasteiger partial charge in [-0.25, -0.2) is 0 Å². The zero-order valence-electron chi connectivity index (χ0n) is 16.3. The predicted molar refractivity (Wildman–Crippen MR) is 103 cm³/mol. The monoisotopic (exact) mass is 370 g/mol. The Balaban J connectivity index is 1.36. The van der Waals surface area contributed by atoms with Crippen molar-refractivity contribution in [3.05, 3.63) is 35.4 Å². The highest BCUT2D eigenvalue weighted by Crippen LogP contribution is 2.45. The van der Waals surface area contributed by atoms with Crippen molar-refractivity contribution < 1.29 is 14.3 Å². The fourth-order valence-corrected chi connectivity index (χ4v) is 5.02. The normalized spacial score (nSPS) is 25.6. The van der Waals surface area contributed by atoms with Crippen LogP contribution >= 0.6 is 0 Å². The van der Waals surface area contributed by atoms with Gasteiger partial charge in [0.1, 0.15) is 5.60 Å². The third kappa shape index (κ3) is 3.88. The molecular formula is C22H30N2O3. The van der Waals surface area contributed by atoms with Crippen molar-refractivity contribution in [3.63, 3.8) is 0 Å². The van der Waals surface area contributed by atoms with Gasteiger partial charge in [-0.1, -0.05) is 36.2 Å². The number of carbonyl (C=O) groups is 2. The molecule has 1 aromatic rings. The number of carbonyl (C=O) groups excluding carboxylic acids is 2. The summed E-state index contributed by atoms with van der Waals surface area (Å²) in [4.78, 5) is 29.6. The maximum Gasteiger partial charge on any atom is 0.307 e. The molecule has 3 aliphatic rings. The molecule has 1 amide bonds. The molecule has 3 fully saturated rings. The number of esters is 1. The summed E-state index contributed by atoms with van der Waals surface area (Å²) in [6, 6.07) is 8.61. The first-order valence-corrected chi connectivity index (χ1v) is 10.3. The zero-order valence-corrected chi connectivity index (χ0v) is 16.3. The first kappa shape index (κ1) is 18.5. The Morgan fingerprint density at radius 2 is 1.89 bits per heavy atom. The molecule has 1 spiro atoms. The summed E-state index contributed by atoms with van der Waals surface area (Å²) in [7, 11) is 0. The molecule has 0 bridgehead atoms. The maximum atomic E-state index is 13.2. The van der Waals surface area contributed by atoms with Crippen LogP contribution in [0.3, 0.4) is 0 Å². The number of benzene rings is 1. The van der Waals surface area contributed by atoms with Crippen LogP contribution < -0.4 is 0 Å². The van der Waals surface area contributed by atoms with Gasteiger partial charge >= 0.3 is 5.97 Å². The molecule has 2 heterocycles. The Labute approximate surface area is 161 Å². The van der Waals surface area contributed by atoms with E-state index in [1.807, 2.05) is 4.90 Å². The third-order valence-electron chi connectivity index (χ3n) is 6.49. The number of rotatable bonds is 3. The van der Waals surface area contributed by atoms with Crippen LogP contribution in [0.15, 0.2) is 24.3 Å². The fourth-order valence-electron chi connectivity index (χ4n) is 5.02. The fraction of sp³-hybridized carbons (Fsp3) is 0.636. The van der Waals surface area contributed by atoms with E-state index in [1.54, 1.807) is 0 Å². The van der Waals surface area contributed by atoms with Crippen LogP contribution in [-0.2, 0) is 20.9 Å². The predicted octanol–water partition coefficient (Wildman–Crippen LogP) is 2.91. The van der Waals surface area contributed by atoms with Gasteiger partial charge in [-0.05, 0) is 38.2 Å². The van der Waals surface area contributed by atoms with Crippen LogP contribution in [-0.4, -0.2) is 53.5 Å². The molecule has 4 rings (SSSR count). The van der Waals surface area contributed by atoms with E-state index in [-0.39, 0.29) is 24.2 Å². The number of aryl methyl sites for hydroxylation is 1. The summed E-state index contributed by atoms with van der Waals surface area (Å²) in [5.74, 6) is -0.320. The number of ether oxygens (including phenoxy) is 1. The molecule has 0 radical (unpaired) electrons. The molecule has 2 saturated heterocycles. The second-order valence-corrected chi connectivity index (χ2v) is 8.45. The van der Waals surface area contributed by atoms with E-state index >= 15 is 0 Å². The van der Waals surface area contributed by atoms with Crippen molar-refractivity contribution in [3.8, 4) is 0 Å². The van der Waals surface area contributed by atoms with Crippen molar-refractivity contribution in [2.75, 3.05) is 26.2 Å². The molecule has 1 atom stereocenters. The summed E-state index contributed by atoms with van der Waals surface area (Å²) < 4.78 is 5.73. The van der Waals surface area contributed by atoms with Gasteiger partial charge in [-0.3, -0.25) is 14.5 Å². The van der Waals surface area contributed by atoms with Crippen LogP contribution in [0.4, 0.5) is 0 Å². The average Bonchev–Trinajstić information content (AvgIpc) is 2.98. The van der Waals surface area contributed by atoms with Gasteiger partial charge in [0.2, 0.25) is 5.91 Å². The number of amides is 1. The van der Waals surface area contributed by atoms with Crippen LogP contribution in [0.5, 0.6) is 0 Å². The molecule has 5 heteroatoms. The third-order valence-corrected chi connectivity index (χ3v) is 6.49. The van der Waals surface area contributed by atoms with Gasteiger partial charge < -0.3 is 9.64 Å². The second-order valence-electron chi connectivity index (χ2n) is 8.45. The van der Waals surface area contributed by atoms with E-state index in [2.05, 4.69) is 36.1 Å². The largest absolute Gasteiger partial charge is 0.458 e. The lowest BCUT2D eigenvalue weighted by Gasteiger charge is -2.40. The summed E-state index contributed by atoms with van der Waals surface area (Å²) in [5, 5.41) is 0. The van der Waals surface area contributed by atoms with Crippen molar-refractivity contribution >= 4 is 11.9 Å². The molecule has 1 aliphatic carbocycles. The van der Waals surface area contributed by atoms with Crippen LogP contribution in [0.1, 0.15) is 49.7 Å². The summed E-state index contributed by atoms with van der Waals surface area (Å²) in [6.45, 7) is 6.30. The van der Waals surface area contributed by atoms with Gasteiger partial charge in [0, 0.05) is 32.7 Å². The van der Waals surface area contributed by atoms with Crippen molar-refractivity contribution in [1.82, 2.24) is 9.80 Å². The quantitative estimate of drug-likeness (QED) is 0.768. The maximum absolute atomic E-state index is 13.2. The summed E-state index contributed by atoms with van der Waals surface area (Å²) in [5.41, 5.74) is 2.10. The molecule has 1 saturated carbocycles. The van der Waals surface area contributed by atoms with Crippen LogP contribution in [0.25, 0.3) is 0 Å². The van der Waals surface area contributed by atoms with Crippen molar-refractivity contribution in [2.45, 2.75) is 57.6 Å². The van der Waals surface area contributed by atoms with Gasteiger partial charge in [0.15, 0.2) is 0 Å². The molecule has 5 nitrogen and oxygen atoms in total. The molecule has 146 valence electrons. The van der Waals surface area contributed by atoms with Crippen LogP contribution in [0, 0.1) is 12.8 Å². The van der Waals surface area contributed by atoms with E-state index in [1.165, 1.54) is 17.5 Å². The Bertz CT molecular complexity index is 703. The van der Waals surface area contributed by atoms with Gasteiger partial charge in [0.25, 0.3) is 0 Å². The molecule has 0 N–H and O–H groups in total. The van der Waals surface area contributed by atoms with E-state index in [0.29, 0.717) is 0 Å². The number of hydrogen-bond donors (Lipinski definition) is 0. The highest BCUT2D eigenvalue weighted by molar-refractivity contribution is 5.88. The van der Waals surface area contributed by atoms with E-state index in [9.17, 15) is 9.59 Å². The summed E-state index contributed by atoms with van der Waals surface area (Å²) in [6.07, 6.45) is 5.26. The van der Waals surface area contributed by atoms with E-state index in [4.69, 9.17) is 4.74 Å². The minimum atomic E-state index is -0.509. The minimum Gasteiger partial charge on any atom is -0.458 e. The zero-order chi connectivity index (χ0) is 18.9. The lowest BCUT2D eigenvalue weighted by Crippen LogP contribution is -2.53. The van der Waals surface area contributed by atoms with Gasteiger partial charge in [0.05, 0.1) is 12.3 Å². The second kappa shape index (κ2) is 7.63. The Kier molecular flexibility index (Phi) is 5.22. The topological polar surface area (TPSA) is 49.9 Å². The van der Waals surface area contributed by atoms with Crippen LogP contribution in [0.2, 0.25) is 0 Å². The number of piperazine rings is 1. The highest BCUT2D eigenvalue weighted by Gasteiger charge is 2.53. The standard InChI is InChI=1S/C22H30N2O3/c1-17-6-5-7-18(14-17)16-23-10-12-24(13-11-23)21(26)19-15-20(25)27-22(19)8-3-2-4-9-22/h5-7,14,19H,2-4,8-13,15-16H2,1H3/t19-/m1/s1. The molecule has 27 heavy (non-hydrogen) atoms. The molecular weight excluding hydrogens is 340 g/mol. The first-order valence-electron chi connectivity index (χ1n) is 10.3.